The summed E-state index contributed by atoms with van der Waals surface area (Å²) in [4.78, 5) is 28.9. The molecular formula is C22H23F2N5O2S. The number of rotatable bonds is 8. The van der Waals surface area contributed by atoms with E-state index in [9.17, 15) is 18.4 Å². The summed E-state index contributed by atoms with van der Waals surface area (Å²) in [5.74, 6) is -3.15. The number of ketones is 1. The van der Waals surface area contributed by atoms with Crippen molar-refractivity contribution >= 4 is 39.7 Å². The van der Waals surface area contributed by atoms with E-state index in [4.69, 9.17) is 5.73 Å². The van der Waals surface area contributed by atoms with Crippen molar-refractivity contribution in [2.24, 2.45) is 0 Å². The molecule has 2 aromatic carbocycles. The average molecular weight is 460 g/mol. The van der Waals surface area contributed by atoms with E-state index >= 15 is 0 Å². The number of nitrogen functional groups attached to an aromatic ring is 1. The summed E-state index contributed by atoms with van der Waals surface area (Å²) >= 11 is 0.882. The van der Waals surface area contributed by atoms with Crippen LogP contribution in [0.15, 0.2) is 42.5 Å². The van der Waals surface area contributed by atoms with Crippen LogP contribution < -0.4 is 21.7 Å². The molecule has 0 aliphatic heterocycles. The summed E-state index contributed by atoms with van der Waals surface area (Å²) in [7, 11) is 1.82. The number of likely N-dealkylation sites (N-methyl/N-ethyl adjacent to an activating group) is 1. The number of hydrogen-bond donors (Lipinski definition) is 4. The predicted molar refractivity (Wildman–Crippen MR) is 122 cm³/mol. The van der Waals surface area contributed by atoms with Crippen molar-refractivity contribution in [1.29, 1.82) is 0 Å². The minimum atomic E-state index is -0.968. The third-order valence-corrected chi connectivity index (χ3v) is 5.80. The molecule has 7 nitrogen and oxygen atoms in total. The molecule has 0 aliphatic carbocycles. The molecule has 3 aromatic rings. The lowest BCUT2D eigenvalue weighted by Gasteiger charge is -2.24. The first-order chi connectivity index (χ1) is 15.1. The molecule has 1 amide bonds. The van der Waals surface area contributed by atoms with Crippen LogP contribution in [-0.4, -0.2) is 35.8 Å². The fourth-order valence-electron chi connectivity index (χ4n) is 2.70. The summed E-state index contributed by atoms with van der Waals surface area (Å²) in [6, 6.07) is 9.81. The van der Waals surface area contributed by atoms with Gasteiger partial charge in [-0.25, -0.2) is 13.8 Å². The number of nitrogens with zero attached hydrogens (tertiary/aromatic N) is 1. The molecule has 0 spiro atoms. The number of nitrogens with one attached hydrogen (secondary N) is 3. The SMILES string of the molecule is CNC(C)(C)CNC(=O)c1ccc(Nc2nc(N)c(C(=O)c3c(F)cccc3F)s2)cc1. The van der Waals surface area contributed by atoms with Crippen LogP contribution in [0.25, 0.3) is 0 Å². The summed E-state index contributed by atoms with van der Waals surface area (Å²) in [5.41, 5.74) is 5.98. The first-order valence-electron chi connectivity index (χ1n) is 9.70. The molecule has 0 atom stereocenters. The van der Waals surface area contributed by atoms with Gasteiger partial charge in [-0.05, 0) is 57.3 Å². The van der Waals surface area contributed by atoms with Crippen LogP contribution in [0.2, 0.25) is 0 Å². The highest BCUT2D eigenvalue weighted by molar-refractivity contribution is 7.18. The van der Waals surface area contributed by atoms with E-state index in [1.165, 1.54) is 6.07 Å². The summed E-state index contributed by atoms with van der Waals surface area (Å²) in [6.07, 6.45) is 0. The number of anilines is 3. The molecule has 5 N–H and O–H groups in total. The molecule has 32 heavy (non-hydrogen) atoms. The van der Waals surface area contributed by atoms with E-state index in [1.54, 1.807) is 24.3 Å². The highest BCUT2D eigenvalue weighted by atomic mass is 32.1. The van der Waals surface area contributed by atoms with Gasteiger partial charge in [0.2, 0.25) is 5.78 Å². The van der Waals surface area contributed by atoms with Crippen LogP contribution in [0.4, 0.5) is 25.4 Å². The third kappa shape index (κ3) is 5.27. The van der Waals surface area contributed by atoms with Crippen LogP contribution in [-0.2, 0) is 0 Å². The van der Waals surface area contributed by atoms with Crippen molar-refractivity contribution in [3.05, 3.63) is 70.1 Å². The lowest BCUT2D eigenvalue weighted by atomic mass is 10.1. The van der Waals surface area contributed by atoms with Gasteiger partial charge in [0, 0.05) is 23.3 Å². The second-order valence-corrected chi connectivity index (χ2v) is 8.68. The number of carbonyl (C=O) groups excluding carboxylic acids is 2. The predicted octanol–water partition coefficient (Wildman–Crippen LogP) is 3.71. The fourth-order valence-corrected chi connectivity index (χ4v) is 3.55. The quantitative estimate of drug-likeness (QED) is 0.383. The van der Waals surface area contributed by atoms with Crippen molar-refractivity contribution in [2.45, 2.75) is 19.4 Å². The number of thiazole rings is 1. The maximum Gasteiger partial charge on any atom is 0.251 e. The first kappa shape index (κ1) is 23.3. The van der Waals surface area contributed by atoms with Crippen LogP contribution in [0.3, 0.4) is 0 Å². The van der Waals surface area contributed by atoms with Gasteiger partial charge in [0.1, 0.15) is 22.3 Å². The minimum absolute atomic E-state index is 0.0698. The van der Waals surface area contributed by atoms with E-state index in [2.05, 4.69) is 20.9 Å². The second kappa shape index (κ2) is 9.41. The van der Waals surface area contributed by atoms with Crippen molar-refractivity contribution in [1.82, 2.24) is 15.6 Å². The molecule has 0 fully saturated rings. The van der Waals surface area contributed by atoms with Crippen molar-refractivity contribution in [2.75, 3.05) is 24.6 Å². The number of halogens is 2. The third-order valence-electron chi connectivity index (χ3n) is 4.82. The topological polar surface area (TPSA) is 109 Å². The maximum absolute atomic E-state index is 13.9. The first-order valence-corrected chi connectivity index (χ1v) is 10.5. The smallest absolute Gasteiger partial charge is 0.251 e. The standard InChI is InChI=1S/C22H23F2N5O2S/c1-22(2,26-3)11-27-20(31)12-7-9-13(10-8-12)28-21-29-19(25)18(32-21)17(30)16-14(23)5-4-6-15(16)24/h4-10,26H,11,25H2,1-3H3,(H,27,31)(H,28,29). The van der Waals surface area contributed by atoms with E-state index in [1.807, 2.05) is 20.9 Å². The number of carbonyl (C=O) groups is 2. The molecule has 0 saturated heterocycles. The Bertz CT molecular complexity index is 1130. The number of hydrogen-bond acceptors (Lipinski definition) is 7. The Morgan fingerprint density at radius 2 is 1.72 bits per heavy atom. The molecule has 3 rings (SSSR count). The zero-order valence-electron chi connectivity index (χ0n) is 17.8. The highest BCUT2D eigenvalue weighted by Crippen LogP contribution is 2.31. The van der Waals surface area contributed by atoms with Gasteiger partial charge in [-0.2, -0.15) is 0 Å². The Balaban J connectivity index is 1.71. The van der Waals surface area contributed by atoms with Gasteiger partial charge in [0.05, 0.1) is 5.56 Å². The van der Waals surface area contributed by atoms with E-state index < -0.39 is 23.0 Å². The molecule has 168 valence electrons. The molecule has 0 bridgehead atoms. The van der Waals surface area contributed by atoms with Gasteiger partial charge in [-0.15, -0.1) is 0 Å². The lowest BCUT2D eigenvalue weighted by molar-refractivity contribution is 0.0942. The number of aromatic nitrogens is 1. The Morgan fingerprint density at radius 3 is 2.31 bits per heavy atom. The fraction of sp³-hybridized carbons (Fsp3) is 0.227. The van der Waals surface area contributed by atoms with Gasteiger partial charge in [0.15, 0.2) is 5.13 Å². The molecule has 0 radical (unpaired) electrons. The molecular weight excluding hydrogens is 436 g/mol. The number of benzene rings is 2. The Labute approximate surface area is 188 Å². The molecule has 0 unspecified atom stereocenters. The molecule has 0 saturated carbocycles. The lowest BCUT2D eigenvalue weighted by Crippen LogP contribution is -2.47. The van der Waals surface area contributed by atoms with Crippen molar-refractivity contribution < 1.29 is 18.4 Å². The van der Waals surface area contributed by atoms with Gasteiger partial charge in [-0.1, -0.05) is 17.4 Å². The Morgan fingerprint density at radius 1 is 1.09 bits per heavy atom. The van der Waals surface area contributed by atoms with Crippen LogP contribution >= 0.6 is 11.3 Å². The largest absolute Gasteiger partial charge is 0.382 e. The summed E-state index contributed by atoms with van der Waals surface area (Å²) < 4.78 is 27.9. The summed E-state index contributed by atoms with van der Waals surface area (Å²) in [5, 5.41) is 9.22. The van der Waals surface area contributed by atoms with Crippen molar-refractivity contribution in [3.8, 4) is 0 Å². The number of nitrogens with two attached hydrogens (primary N) is 1. The maximum atomic E-state index is 13.9. The Kier molecular flexibility index (Phi) is 6.85. The second-order valence-electron chi connectivity index (χ2n) is 7.68. The van der Waals surface area contributed by atoms with Crippen LogP contribution in [0.1, 0.15) is 39.4 Å². The zero-order chi connectivity index (χ0) is 23.5. The number of amides is 1. The molecule has 0 aliphatic rings. The average Bonchev–Trinajstić information content (AvgIpc) is 3.12. The Hall–Kier alpha value is -3.37. The van der Waals surface area contributed by atoms with E-state index in [0.29, 0.717) is 17.8 Å². The van der Waals surface area contributed by atoms with Gasteiger partial charge >= 0.3 is 0 Å². The summed E-state index contributed by atoms with van der Waals surface area (Å²) in [6.45, 7) is 4.40. The van der Waals surface area contributed by atoms with Crippen LogP contribution in [0, 0.1) is 11.6 Å². The van der Waals surface area contributed by atoms with E-state index in [0.717, 1.165) is 23.5 Å². The molecule has 1 aromatic heterocycles. The van der Waals surface area contributed by atoms with Gasteiger partial charge in [0.25, 0.3) is 5.91 Å². The van der Waals surface area contributed by atoms with Crippen molar-refractivity contribution in [3.63, 3.8) is 0 Å². The van der Waals surface area contributed by atoms with Gasteiger partial charge < -0.3 is 21.7 Å². The van der Waals surface area contributed by atoms with E-state index in [-0.39, 0.29) is 27.3 Å². The minimum Gasteiger partial charge on any atom is -0.382 e. The monoisotopic (exact) mass is 459 g/mol. The molecule has 10 heteroatoms. The highest BCUT2D eigenvalue weighted by Gasteiger charge is 2.24. The normalized spacial score (nSPS) is 11.3. The van der Waals surface area contributed by atoms with Crippen LogP contribution in [0.5, 0.6) is 0 Å². The van der Waals surface area contributed by atoms with Gasteiger partial charge in [-0.3, -0.25) is 9.59 Å². The zero-order valence-corrected chi connectivity index (χ0v) is 18.6. The molecule has 1 heterocycles.